The standard InChI is InChI=1S/C15H18N2O5/c1-11-8-16-15(21,7-13(18)19)17(14(11)20)10-22-9-12-5-3-2-4-6-12/h2-6,8,16,21H,7,9-10H2,1H3,(H,18,19). The number of carbonyl (C=O) groups is 2. The number of carbonyl (C=O) groups excluding carboxylic acids is 1. The Morgan fingerprint density at radius 1 is 1.36 bits per heavy atom. The molecule has 0 aliphatic carbocycles. The molecule has 0 spiro atoms. The molecule has 7 nitrogen and oxygen atoms in total. The number of nitrogens with one attached hydrogen (secondary N) is 1. The molecule has 1 aromatic carbocycles. The number of hydrogen-bond donors (Lipinski definition) is 3. The third-order valence-electron chi connectivity index (χ3n) is 3.28. The van der Waals surface area contributed by atoms with Crippen molar-refractivity contribution in [2.75, 3.05) is 6.73 Å². The van der Waals surface area contributed by atoms with Crippen molar-refractivity contribution in [3.8, 4) is 0 Å². The molecule has 1 unspecified atom stereocenters. The lowest BCUT2D eigenvalue weighted by Crippen LogP contribution is -2.63. The van der Waals surface area contributed by atoms with Crippen LogP contribution in [-0.2, 0) is 20.9 Å². The molecule has 22 heavy (non-hydrogen) atoms. The summed E-state index contributed by atoms with van der Waals surface area (Å²) in [6.45, 7) is 1.59. The van der Waals surface area contributed by atoms with Gasteiger partial charge in [0.15, 0.2) is 0 Å². The van der Waals surface area contributed by atoms with Crippen LogP contribution in [0.1, 0.15) is 18.9 Å². The van der Waals surface area contributed by atoms with E-state index in [1.165, 1.54) is 6.20 Å². The van der Waals surface area contributed by atoms with E-state index in [1.54, 1.807) is 6.92 Å². The van der Waals surface area contributed by atoms with E-state index >= 15 is 0 Å². The minimum atomic E-state index is -2.00. The number of amides is 1. The van der Waals surface area contributed by atoms with E-state index in [9.17, 15) is 14.7 Å². The van der Waals surface area contributed by atoms with Crippen LogP contribution in [0.4, 0.5) is 0 Å². The predicted octanol–water partition coefficient (Wildman–Crippen LogP) is 0.617. The van der Waals surface area contributed by atoms with Gasteiger partial charge in [0.25, 0.3) is 5.91 Å². The second-order valence-corrected chi connectivity index (χ2v) is 5.06. The van der Waals surface area contributed by atoms with Crippen LogP contribution in [0.15, 0.2) is 42.1 Å². The van der Waals surface area contributed by atoms with E-state index in [1.807, 2.05) is 30.3 Å². The minimum absolute atomic E-state index is 0.227. The average Bonchev–Trinajstić information content (AvgIpc) is 2.47. The van der Waals surface area contributed by atoms with Gasteiger partial charge in [0.2, 0.25) is 5.85 Å². The zero-order valence-corrected chi connectivity index (χ0v) is 12.2. The SMILES string of the molecule is CC1=CNC(O)(CC(=O)O)N(COCc2ccccc2)C1=O. The normalized spacial score (nSPS) is 21.3. The van der Waals surface area contributed by atoms with E-state index in [0.717, 1.165) is 10.5 Å². The van der Waals surface area contributed by atoms with Crippen LogP contribution < -0.4 is 5.32 Å². The Balaban J connectivity index is 2.05. The molecule has 0 aromatic heterocycles. The average molecular weight is 306 g/mol. The Bertz CT molecular complexity index is 587. The summed E-state index contributed by atoms with van der Waals surface area (Å²) in [6.07, 6.45) is 0.649. The quantitative estimate of drug-likeness (QED) is 0.712. The summed E-state index contributed by atoms with van der Waals surface area (Å²) in [5, 5.41) is 21.8. The Morgan fingerprint density at radius 3 is 2.68 bits per heavy atom. The Morgan fingerprint density at radius 2 is 2.05 bits per heavy atom. The molecule has 0 saturated carbocycles. The second-order valence-electron chi connectivity index (χ2n) is 5.06. The summed E-state index contributed by atoms with van der Waals surface area (Å²) in [5.41, 5.74) is 1.27. The molecule has 0 saturated heterocycles. The van der Waals surface area contributed by atoms with E-state index < -0.39 is 24.1 Å². The predicted molar refractivity (Wildman–Crippen MR) is 77.0 cm³/mol. The van der Waals surface area contributed by atoms with Gasteiger partial charge < -0.3 is 20.3 Å². The minimum Gasteiger partial charge on any atom is -0.481 e. The molecule has 7 heteroatoms. The molecular weight excluding hydrogens is 288 g/mol. The molecule has 0 bridgehead atoms. The third kappa shape index (κ3) is 3.63. The number of rotatable bonds is 6. The molecular formula is C15H18N2O5. The summed E-state index contributed by atoms with van der Waals surface area (Å²) in [6, 6.07) is 9.33. The fraction of sp³-hybridized carbons (Fsp3) is 0.333. The van der Waals surface area contributed by atoms with Gasteiger partial charge in [-0.1, -0.05) is 30.3 Å². The van der Waals surface area contributed by atoms with E-state index in [-0.39, 0.29) is 13.3 Å². The van der Waals surface area contributed by atoms with Gasteiger partial charge in [-0.2, -0.15) is 0 Å². The second kappa shape index (κ2) is 6.59. The number of aliphatic carboxylic acids is 1. The van der Waals surface area contributed by atoms with Crippen molar-refractivity contribution in [2.24, 2.45) is 0 Å². The van der Waals surface area contributed by atoms with Crippen LogP contribution >= 0.6 is 0 Å². The molecule has 3 N–H and O–H groups in total. The highest BCUT2D eigenvalue weighted by atomic mass is 16.5. The molecule has 1 aliphatic heterocycles. The van der Waals surface area contributed by atoms with E-state index in [4.69, 9.17) is 9.84 Å². The molecule has 1 aromatic rings. The lowest BCUT2D eigenvalue weighted by atomic mass is 10.1. The lowest BCUT2D eigenvalue weighted by Gasteiger charge is -2.41. The first-order chi connectivity index (χ1) is 10.4. The van der Waals surface area contributed by atoms with E-state index in [0.29, 0.717) is 5.57 Å². The van der Waals surface area contributed by atoms with Crippen LogP contribution in [0, 0.1) is 0 Å². The number of benzene rings is 1. The molecule has 0 radical (unpaired) electrons. The molecule has 118 valence electrons. The van der Waals surface area contributed by atoms with Crippen molar-refractivity contribution in [1.82, 2.24) is 10.2 Å². The number of aliphatic hydroxyl groups is 1. The highest BCUT2D eigenvalue weighted by Gasteiger charge is 2.42. The first-order valence-corrected chi connectivity index (χ1v) is 6.74. The van der Waals surface area contributed by atoms with Gasteiger partial charge in [-0.25, -0.2) is 0 Å². The van der Waals surface area contributed by atoms with Crippen LogP contribution in [0.5, 0.6) is 0 Å². The Kier molecular flexibility index (Phi) is 4.79. The maximum Gasteiger partial charge on any atom is 0.310 e. The van der Waals surface area contributed by atoms with Gasteiger partial charge in [-0.15, -0.1) is 0 Å². The van der Waals surface area contributed by atoms with Gasteiger partial charge >= 0.3 is 5.97 Å². The summed E-state index contributed by atoms with van der Waals surface area (Å²) in [4.78, 5) is 24.0. The highest BCUT2D eigenvalue weighted by Crippen LogP contribution is 2.21. The van der Waals surface area contributed by atoms with Crippen molar-refractivity contribution in [3.05, 3.63) is 47.7 Å². The monoisotopic (exact) mass is 306 g/mol. The molecule has 1 atom stereocenters. The van der Waals surface area contributed by atoms with Crippen LogP contribution in [0.3, 0.4) is 0 Å². The number of carboxylic acids is 1. The van der Waals surface area contributed by atoms with Crippen molar-refractivity contribution in [1.29, 1.82) is 0 Å². The number of nitrogens with zero attached hydrogens (tertiary/aromatic N) is 1. The first-order valence-electron chi connectivity index (χ1n) is 6.74. The van der Waals surface area contributed by atoms with E-state index in [2.05, 4.69) is 5.32 Å². The van der Waals surface area contributed by atoms with Crippen molar-refractivity contribution in [2.45, 2.75) is 25.8 Å². The molecule has 1 heterocycles. The van der Waals surface area contributed by atoms with Gasteiger partial charge in [-0.05, 0) is 12.5 Å². The number of ether oxygens (including phenoxy) is 1. The zero-order chi connectivity index (χ0) is 16.2. The number of carboxylic acid groups (broad SMARTS) is 1. The van der Waals surface area contributed by atoms with Crippen molar-refractivity contribution >= 4 is 11.9 Å². The van der Waals surface area contributed by atoms with Crippen LogP contribution in [-0.4, -0.2) is 39.6 Å². The summed E-state index contributed by atoms with van der Waals surface area (Å²) >= 11 is 0. The van der Waals surface area contributed by atoms with Gasteiger partial charge in [-0.3, -0.25) is 14.5 Å². The van der Waals surface area contributed by atoms with Crippen LogP contribution in [0.2, 0.25) is 0 Å². The molecule has 1 amide bonds. The van der Waals surface area contributed by atoms with Gasteiger partial charge in [0.1, 0.15) is 13.2 Å². The van der Waals surface area contributed by atoms with Crippen molar-refractivity contribution < 1.29 is 24.5 Å². The van der Waals surface area contributed by atoms with Crippen molar-refractivity contribution in [3.63, 3.8) is 0 Å². The molecule has 1 aliphatic rings. The Labute approximate surface area is 127 Å². The van der Waals surface area contributed by atoms with Gasteiger partial charge in [0.05, 0.1) is 6.61 Å². The Hall–Kier alpha value is -2.38. The maximum absolute atomic E-state index is 12.1. The number of hydrogen-bond acceptors (Lipinski definition) is 5. The fourth-order valence-corrected chi connectivity index (χ4v) is 2.10. The molecule has 2 rings (SSSR count). The summed E-state index contributed by atoms with van der Waals surface area (Å²) in [5.74, 6) is -3.71. The van der Waals surface area contributed by atoms with Gasteiger partial charge in [0, 0.05) is 11.8 Å². The summed E-state index contributed by atoms with van der Waals surface area (Å²) < 4.78 is 5.44. The zero-order valence-electron chi connectivity index (χ0n) is 12.2. The lowest BCUT2D eigenvalue weighted by molar-refractivity contribution is -0.192. The molecule has 0 fully saturated rings. The first kappa shape index (κ1) is 16.0. The highest BCUT2D eigenvalue weighted by molar-refractivity contribution is 5.94. The van der Waals surface area contributed by atoms with Crippen LogP contribution in [0.25, 0.3) is 0 Å². The largest absolute Gasteiger partial charge is 0.481 e. The fourth-order valence-electron chi connectivity index (χ4n) is 2.10. The summed E-state index contributed by atoms with van der Waals surface area (Å²) in [7, 11) is 0. The smallest absolute Gasteiger partial charge is 0.310 e. The topological polar surface area (TPSA) is 99.1 Å². The third-order valence-corrected chi connectivity index (χ3v) is 3.28. The maximum atomic E-state index is 12.1.